The van der Waals surface area contributed by atoms with Crippen LogP contribution in [0.5, 0.6) is 5.88 Å². The summed E-state index contributed by atoms with van der Waals surface area (Å²) in [5, 5.41) is 9.80. The Morgan fingerprint density at radius 3 is 2.50 bits per heavy atom. The number of nitrogens with zero attached hydrogens (tertiary/aromatic N) is 3. The molecule has 0 saturated carbocycles. The molecule has 1 aromatic heterocycles. The van der Waals surface area contributed by atoms with Crippen LogP contribution in [0.4, 0.5) is 10.1 Å². The average Bonchev–Trinajstić information content (AvgIpc) is 2.45. The Morgan fingerprint density at radius 1 is 1.20 bits per heavy atom. The molecule has 20 heavy (non-hydrogen) atoms. The number of aromatic nitrogens is 2. The summed E-state index contributed by atoms with van der Waals surface area (Å²) in [7, 11) is 2.60. The van der Waals surface area contributed by atoms with E-state index >= 15 is 0 Å². The summed E-state index contributed by atoms with van der Waals surface area (Å²) in [6.07, 6.45) is 1.04. The number of halogens is 1. The minimum atomic E-state index is -0.703. The van der Waals surface area contributed by atoms with Gasteiger partial charge in [0.05, 0.1) is 5.69 Å². The highest BCUT2D eigenvalue weighted by molar-refractivity contribution is 5.84. The largest absolute Gasteiger partial charge is 0.494 e. The molecule has 0 aliphatic heterocycles. The third kappa shape index (κ3) is 2.25. The van der Waals surface area contributed by atoms with Gasteiger partial charge >= 0.3 is 5.69 Å². The lowest BCUT2D eigenvalue weighted by Gasteiger charge is -2.07. The lowest BCUT2D eigenvalue weighted by Crippen LogP contribution is -2.38. The van der Waals surface area contributed by atoms with Gasteiger partial charge in [-0.3, -0.25) is 18.9 Å². The molecular formula is C13H12FN3O3. The topological polar surface area (TPSA) is 76.6 Å². The van der Waals surface area contributed by atoms with Crippen LogP contribution in [0.2, 0.25) is 0 Å². The maximum Gasteiger partial charge on any atom is 0.333 e. The lowest BCUT2D eigenvalue weighted by molar-refractivity contribution is 0.410. The second kappa shape index (κ2) is 5.12. The number of para-hydroxylation sites is 1. The zero-order valence-corrected chi connectivity index (χ0v) is 10.9. The van der Waals surface area contributed by atoms with E-state index in [-0.39, 0.29) is 11.3 Å². The Balaban J connectivity index is 2.59. The Bertz CT molecular complexity index is 805. The molecule has 104 valence electrons. The Morgan fingerprint density at radius 2 is 1.85 bits per heavy atom. The Kier molecular flexibility index (Phi) is 3.51. The highest BCUT2D eigenvalue weighted by atomic mass is 19.1. The van der Waals surface area contributed by atoms with Crippen LogP contribution in [0.25, 0.3) is 0 Å². The maximum absolute atomic E-state index is 13.4. The first kappa shape index (κ1) is 13.7. The molecule has 6 nitrogen and oxygen atoms in total. The zero-order chi connectivity index (χ0) is 14.9. The number of hydrogen-bond donors (Lipinski definition) is 1. The molecule has 0 amide bonds. The van der Waals surface area contributed by atoms with E-state index in [1.54, 1.807) is 6.07 Å². The van der Waals surface area contributed by atoms with Crippen LogP contribution in [0.15, 0.2) is 38.8 Å². The van der Waals surface area contributed by atoms with Crippen molar-refractivity contribution < 1.29 is 9.50 Å². The normalized spacial score (nSPS) is 11.2. The fourth-order valence-corrected chi connectivity index (χ4v) is 1.66. The molecule has 1 aromatic carbocycles. The molecule has 0 bridgehead atoms. The Labute approximate surface area is 113 Å². The first-order valence-electron chi connectivity index (χ1n) is 5.71. The van der Waals surface area contributed by atoms with Crippen molar-refractivity contribution >= 4 is 11.9 Å². The van der Waals surface area contributed by atoms with Crippen molar-refractivity contribution in [3.8, 4) is 5.88 Å². The van der Waals surface area contributed by atoms with E-state index in [1.807, 2.05) is 0 Å². The monoisotopic (exact) mass is 277 g/mol. The van der Waals surface area contributed by atoms with Gasteiger partial charge in [0.2, 0.25) is 5.88 Å². The summed E-state index contributed by atoms with van der Waals surface area (Å²) in [5.74, 6) is -1.07. The molecule has 0 aliphatic rings. The summed E-state index contributed by atoms with van der Waals surface area (Å²) < 4.78 is 15.1. The van der Waals surface area contributed by atoms with Crippen LogP contribution < -0.4 is 11.2 Å². The van der Waals surface area contributed by atoms with E-state index in [2.05, 4.69) is 4.99 Å². The van der Waals surface area contributed by atoms with Crippen LogP contribution in [0.3, 0.4) is 0 Å². The lowest BCUT2D eigenvalue weighted by atomic mass is 10.3. The number of benzene rings is 1. The predicted molar refractivity (Wildman–Crippen MR) is 72.2 cm³/mol. The molecule has 2 aromatic rings. The first-order valence-corrected chi connectivity index (χ1v) is 5.71. The predicted octanol–water partition coefficient (Wildman–Crippen LogP) is 0.679. The summed E-state index contributed by atoms with van der Waals surface area (Å²) >= 11 is 0. The van der Waals surface area contributed by atoms with Gasteiger partial charge in [0, 0.05) is 20.3 Å². The fourth-order valence-electron chi connectivity index (χ4n) is 1.66. The summed E-state index contributed by atoms with van der Waals surface area (Å²) in [6.45, 7) is 0. The first-order chi connectivity index (χ1) is 9.43. The molecule has 1 heterocycles. The van der Waals surface area contributed by atoms with E-state index in [4.69, 9.17) is 0 Å². The van der Waals surface area contributed by atoms with E-state index in [9.17, 15) is 19.1 Å². The van der Waals surface area contributed by atoms with Crippen molar-refractivity contribution in [2.75, 3.05) is 0 Å². The molecule has 0 saturated heterocycles. The van der Waals surface area contributed by atoms with Crippen molar-refractivity contribution in [2.24, 2.45) is 19.1 Å². The summed E-state index contributed by atoms with van der Waals surface area (Å²) in [5.41, 5.74) is -1.51. The molecule has 7 heteroatoms. The van der Waals surface area contributed by atoms with Gasteiger partial charge in [-0.25, -0.2) is 9.18 Å². The molecule has 0 radical (unpaired) electrons. The van der Waals surface area contributed by atoms with Crippen LogP contribution in [0, 0.1) is 5.82 Å². The molecule has 0 spiro atoms. The van der Waals surface area contributed by atoms with Crippen LogP contribution in [-0.2, 0) is 14.1 Å². The SMILES string of the molecule is Cn1c(O)c(C=Nc2ccccc2F)c(=O)n(C)c1=O. The van der Waals surface area contributed by atoms with E-state index in [0.717, 1.165) is 15.3 Å². The summed E-state index contributed by atoms with van der Waals surface area (Å²) in [4.78, 5) is 27.2. The number of aliphatic imine (C=N–C) groups is 1. The standard InChI is InChI=1S/C13H12FN3O3/c1-16-11(18)8(12(19)17(2)13(16)20)7-15-10-6-4-3-5-9(10)14/h3-7,18H,1-2H3. The van der Waals surface area contributed by atoms with Crippen LogP contribution in [-0.4, -0.2) is 20.5 Å². The average molecular weight is 277 g/mol. The van der Waals surface area contributed by atoms with Gasteiger partial charge in [-0.05, 0) is 12.1 Å². The van der Waals surface area contributed by atoms with Crippen LogP contribution in [0.1, 0.15) is 5.56 Å². The fraction of sp³-hybridized carbons (Fsp3) is 0.154. The van der Waals surface area contributed by atoms with E-state index in [1.165, 1.54) is 32.3 Å². The number of rotatable bonds is 2. The van der Waals surface area contributed by atoms with Gasteiger partial charge in [0.15, 0.2) is 0 Å². The van der Waals surface area contributed by atoms with Gasteiger partial charge in [0.1, 0.15) is 11.4 Å². The molecule has 2 rings (SSSR count). The molecule has 0 aliphatic carbocycles. The van der Waals surface area contributed by atoms with Crippen molar-refractivity contribution in [2.45, 2.75) is 0 Å². The minimum absolute atomic E-state index is 0.0304. The van der Waals surface area contributed by atoms with Crippen molar-refractivity contribution in [1.82, 2.24) is 9.13 Å². The molecule has 0 fully saturated rings. The van der Waals surface area contributed by atoms with Gasteiger partial charge in [-0.1, -0.05) is 12.1 Å². The summed E-state index contributed by atoms with van der Waals surface area (Å²) in [6, 6.07) is 5.76. The van der Waals surface area contributed by atoms with Crippen molar-refractivity contribution in [3.05, 3.63) is 56.5 Å². The minimum Gasteiger partial charge on any atom is -0.494 e. The molecule has 1 N–H and O–H groups in total. The smallest absolute Gasteiger partial charge is 0.333 e. The van der Waals surface area contributed by atoms with Crippen molar-refractivity contribution in [1.29, 1.82) is 0 Å². The van der Waals surface area contributed by atoms with Gasteiger partial charge < -0.3 is 5.11 Å². The highest BCUT2D eigenvalue weighted by Gasteiger charge is 2.13. The van der Waals surface area contributed by atoms with Gasteiger partial charge in [-0.15, -0.1) is 0 Å². The third-order valence-electron chi connectivity index (χ3n) is 2.85. The number of hydrogen-bond acceptors (Lipinski definition) is 4. The van der Waals surface area contributed by atoms with Gasteiger partial charge in [-0.2, -0.15) is 0 Å². The van der Waals surface area contributed by atoms with Crippen LogP contribution >= 0.6 is 0 Å². The Hall–Kier alpha value is -2.70. The third-order valence-corrected chi connectivity index (χ3v) is 2.85. The number of aromatic hydroxyl groups is 1. The second-order valence-electron chi connectivity index (χ2n) is 4.15. The van der Waals surface area contributed by atoms with E-state index in [0.29, 0.717) is 0 Å². The second-order valence-corrected chi connectivity index (χ2v) is 4.15. The zero-order valence-electron chi connectivity index (χ0n) is 10.9. The maximum atomic E-state index is 13.4. The van der Waals surface area contributed by atoms with E-state index < -0.39 is 22.9 Å². The molecule has 0 atom stereocenters. The van der Waals surface area contributed by atoms with Gasteiger partial charge in [0.25, 0.3) is 5.56 Å². The van der Waals surface area contributed by atoms with Crippen molar-refractivity contribution in [3.63, 3.8) is 0 Å². The quantitative estimate of drug-likeness (QED) is 0.820. The molecular weight excluding hydrogens is 265 g/mol. The molecule has 0 unspecified atom stereocenters. The highest BCUT2D eigenvalue weighted by Crippen LogP contribution is 2.16.